The molecule has 3 heterocycles. The predicted octanol–water partition coefficient (Wildman–Crippen LogP) is 2.24. The number of nitrogens with zero attached hydrogens (tertiary/aromatic N) is 4. The number of imidazole rings is 1. The molecule has 1 aromatic carbocycles. The third-order valence-corrected chi connectivity index (χ3v) is 5.36. The minimum atomic E-state index is -0.630. The number of amides is 1. The lowest BCUT2D eigenvalue weighted by atomic mass is 10.0. The van der Waals surface area contributed by atoms with Crippen LogP contribution in [0.1, 0.15) is 35.1 Å². The summed E-state index contributed by atoms with van der Waals surface area (Å²) in [5.41, 5.74) is 13.9. The second-order valence-electron chi connectivity index (χ2n) is 7.20. The number of nitrogens with two attached hydrogens (primary N) is 2. The Morgan fingerprint density at radius 3 is 2.72 bits per heavy atom. The van der Waals surface area contributed by atoms with Crippen molar-refractivity contribution in [3.8, 4) is 0 Å². The molecular weight excluding hydrogens is 375 g/mol. The smallest absolute Gasteiger partial charge is 0.271 e. The van der Waals surface area contributed by atoms with E-state index >= 15 is 0 Å². The molecule has 4 rings (SSSR count). The first-order valence-electron chi connectivity index (χ1n) is 9.43. The molecule has 0 radical (unpaired) electrons. The minimum absolute atomic E-state index is 0.104. The van der Waals surface area contributed by atoms with Gasteiger partial charge in [-0.3, -0.25) is 9.78 Å². The predicted molar refractivity (Wildman–Crippen MR) is 108 cm³/mol. The van der Waals surface area contributed by atoms with Crippen molar-refractivity contribution in [2.45, 2.75) is 25.5 Å². The number of carbonyl (C=O) groups excluding carboxylic acids is 1. The number of hydrogen-bond donors (Lipinski definition) is 2. The van der Waals surface area contributed by atoms with Crippen molar-refractivity contribution in [1.82, 2.24) is 14.5 Å². The van der Waals surface area contributed by atoms with Gasteiger partial charge in [-0.2, -0.15) is 0 Å². The van der Waals surface area contributed by atoms with Crippen LogP contribution in [-0.4, -0.2) is 40.6 Å². The van der Waals surface area contributed by atoms with Crippen LogP contribution in [0.15, 0.2) is 30.6 Å². The third kappa shape index (κ3) is 3.61. The number of fused-ring (bicyclic) bond motifs is 1. The van der Waals surface area contributed by atoms with E-state index in [1.165, 1.54) is 12.1 Å². The molecule has 0 spiro atoms. The lowest BCUT2D eigenvalue weighted by Gasteiger charge is -2.35. The molecule has 1 amide bonds. The zero-order valence-electron chi connectivity index (χ0n) is 16.1. The fourth-order valence-corrected chi connectivity index (χ4v) is 3.95. The number of piperidine rings is 1. The summed E-state index contributed by atoms with van der Waals surface area (Å²) < 4.78 is 20.9. The van der Waals surface area contributed by atoms with Crippen LogP contribution in [0.4, 0.5) is 15.9 Å². The molecule has 1 saturated heterocycles. The second kappa shape index (κ2) is 7.67. The summed E-state index contributed by atoms with van der Waals surface area (Å²) in [6, 6.07) is 6.71. The van der Waals surface area contributed by atoms with Crippen LogP contribution in [0.2, 0.25) is 0 Å². The molecule has 0 saturated carbocycles. The highest BCUT2D eigenvalue weighted by Gasteiger charge is 2.25. The Morgan fingerprint density at radius 2 is 2.07 bits per heavy atom. The number of halogens is 1. The van der Waals surface area contributed by atoms with Crippen molar-refractivity contribution in [3.63, 3.8) is 0 Å². The van der Waals surface area contributed by atoms with E-state index in [0.29, 0.717) is 12.4 Å². The van der Waals surface area contributed by atoms with Gasteiger partial charge in [0.05, 0.1) is 24.1 Å². The van der Waals surface area contributed by atoms with E-state index in [0.717, 1.165) is 48.2 Å². The van der Waals surface area contributed by atoms with Crippen molar-refractivity contribution in [1.29, 1.82) is 0 Å². The molecule has 0 unspecified atom stereocenters. The topological polar surface area (TPSA) is 112 Å². The normalized spacial score (nSPS) is 15.2. The number of rotatable bonds is 5. The standard InChI is InChI=1S/C20H23FN6O2/c1-29-10-13-9-17(15-8-12(21)2-3-16(15)25-13)26-6-4-14(5-7-26)27-11-24-18(19(27)22)20(23)28/h2-3,8-9,11,14H,4-7,10,22H2,1H3,(H2,23,28). The van der Waals surface area contributed by atoms with Crippen molar-refractivity contribution in [2.75, 3.05) is 30.8 Å². The van der Waals surface area contributed by atoms with Crippen molar-refractivity contribution >= 4 is 28.3 Å². The highest BCUT2D eigenvalue weighted by atomic mass is 19.1. The first-order chi connectivity index (χ1) is 14.0. The molecule has 1 fully saturated rings. The monoisotopic (exact) mass is 398 g/mol. The van der Waals surface area contributed by atoms with E-state index in [2.05, 4.69) is 14.9 Å². The Balaban J connectivity index is 1.60. The van der Waals surface area contributed by atoms with Crippen LogP contribution >= 0.6 is 0 Å². The van der Waals surface area contributed by atoms with Gasteiger partial charge >= 0.3 is 0 Å². The Morgan fingerprint density at radius 1 is 1.31 bits per heavy atom. The largest absolute Gasteiger partial charge is 0.383 e. The van der Waals surface area contributed by atoms with E-state index in [1.54, 1.807) is 19.5 Å². The number of methoxy groups -OCH3 is 1. The summed E-state index contributed by atoms with van der Waals surface area (Å²) >= 11 is 0. The molecule has 1 aliphatic rings. The van der Waals surface area contributed by atoms with E-state index in [9.17, 15) is 9.18 Å². The molecule has 4 N–H and O–H groups in total. The van der Waals surface area contributed by atoms with Crippen molar-refractivity contribution < 1.29 is 13.9 Å². The summed E-state index contributed by atoms with van der Waals surface area (Å²) in [5, 5.41) is 0.779. The summed E-state index contributed by atoms with van der Waals surface area (Å²) in [4.78, 5) is 22.2. The van der Waals surface area contributed by atoms with Gasteiger partial charge in [-0.15, -0.1) is 0 Å². The molecule has 29 heavy (non-hydrogen) atoms. The van der Waals surface area contributed by atoms with E-state index in [-0.39, 0.29) is 17.6 Å². The number of carbonyl (C=O) groups is 1. The molecule has 1 aliphatic heterocycles. The lowest BCUT2D eigenvalue weighted by Crippen LogP contribution is -2.35. The van der Waals surface area contributed by atoms with Crippen molar-refractivity contribution in [2.24, 2.45) is 5.73 Å². The summed E-state index contributed by atoms with van der Waals surface area (Å²) in [6.07, 6.45) is 3.18. The molecule has 3 aromatic rings. The number of ether oxygens (including phenoxy) is 1. The number of aromatic nitrogens is 3. The van der Waals surface area contributed by atoms with E-state index < -0.39 is 5.91 Å². The number of anilines is 2. The van der Waals surface area contributed by atoms with Crippen LogP contribution in [0.3, 0.4) is 0 Å². The van der Waals surface area contributed by atoms with Crippen molar-refractivity contribution in [3.05, 3.63) is 47.8 Å². The molecule has 9 heteroatoms. The lowest BCUT2D eigenvalue weighted by molar-refractivity contribution is 0.0997. The average molecular weight is 398 g/mol. The molecule has 0 bridgehead atoms. The van der Waals surface area contributed by atoms with Crippen LogP contribution < -0.4 is 16.4 Å². The zero-order valence-corrected chi connectivity index (χ0v) is 16.1. The second-order valence-corrected chi connectivity index (χ2v) is 7.20. The first-order valence-corrected chi connectivity index (χ1v) is 9.43. The Hall–Kier alpha value is -3.20. The Labute approximate surface area is 167 Å². The number of hydrogen-bond acceptors (Lipinski definition) is 6. The van der Waals surface area contributed by atoms with Gasteiger partial charge in [0.1, 0.15) is 11.6 Å². The van der Waals surface area contributed by atoms with Crippen LogP contribution in [0.5, 0.6) is 0 Å². The maximum atomic E-state index is 13.9. The number of primary amides is 1. The van der Waals surface area contributed by atoms with Gasteiger partial charge in [0.25, 0.3) is 5.91 Å². The van der Waals surface area contributed by atoms with Crippen LogP contribution in [-0.2, 0) is 11.3 Å². The highest BCUT2D eigenvalue weighted by molar-refractivity contribution is 5.95. The minimum Gasteiger partial charge on any atom is -0.383 e. The Bertz CT molecular complexity index is 1060. The van der Waals surface area contributed by atoms with Gasteiger partial charge in [-0.05, 0) is 37.1 Å². The molecular formula is C20H23FN6O2. The first kappa shape index (κ1) is 19.1. The quantitative estimate of drug-likeness (QED) is 0.682. The Kier molecular flexibility index (Phi) is 5.06. The molecule has 152 valence electrons. The molecule has 0 atom stereocenters. The van der Waals surface area contributed by atoms with Gasteiger partial charge in [0.15, 0.2) is 5.69 Å². The average Bonchev–Trinajstić information content (AvgIpc) is 3.10. The molecule has 8 nitrogen and oxygen atoms in total. The number of nitrogen functional groups attached to an aromatic ring is 1. The fraction of sp³-hybridized carbons (Fsp3) is 0.350. The highest BCUT2D eigenvalue weighted by Crippen LogP contribution is 2.33. The third-order valence-electron chi connectivity index (χ3n) is 5.36. The summed E-state index contributed by atoms with van der Waals surface area (Å²) in [7, 11) is 1.62. The summed E-state index contributed by atoms with van der Waals surface area (Å²) in [5.74, 6) is -0.621. The van der Waals surface area contributed by atoms with Gasteiger partial charge in [-0.25, -0.2) is 9.37 Å². The SMILES string of the molecule is COCc1cc(N2CCC(n3cnc(C(N)=O)c3N)CC2)c2cc(F)ccc2n1. The summed E-state index contributed by atoms with van der Waals surface area (Å²) in [6.45, 7) is 1.88. The van der Waals surface area contributed by atoms with Crippen LogP contribution in [0.25, 0.3) is 10.9 Å². The van der Waals surface area contributed by atoms with Gasteiger partial charge in [-0.1, -0.05) is 0 Å². The van der Waals surface area contributed by atoms with Gasteiger partial charge in [0.2, 0.25) is 0 Å². The van der Waals surface area contributed by atoms with Gasteiger partial charge in [0, 0.05) is 37.3 Å². The zero-order chi connectivity index (χ0) is 20.5. The fourth-order valence-electron chi connectivity index (χ4n) is 3.95. The maximum Gasteiger partial charge on any atom is 0.271 e. The maximum absolute atomic E-state index is 13.9. The van der Waals surface area contributed by atoms with Gasteiger partial charge < -0.3 is 25.7 Å². The molecule has 2 aromatic heterocycles. The van der Waals surface area contributed by atoms with E-state index in [1.807, 2.05) is 10.6 Å². The number of pyridine rings is 1. The molecule has 0 aliphatic carbocycles. The van der Waals surface area contributed by atoms with Crippen LogP contribution in [0, 0.1) is 5.82 Å². The number of benzene rings is 1. The van der Waals surface area contributed by atoms with E-state index in [4.69, 9.17) is 16.2 Å².